The first-order chi connectivity index (χ1) is 7.99. The summed E-state index contributed by atoms with van der Waals surface area (Å²) < 4.78 is 16.1. The minimum absolute atomic E-state index is 1.44. The van der Waals surface area contributed by atoms with Crippen LogP contribution in [0.4, 0.5) is 0 Å². The minimum atomic E-state index is -2.55. The number of nitriles is 2. The monoisotopic (exact) mass is 299 g/mol. The van der Waals surface area contributed by atoms with Crippen LogP contribution in [-0.4, -0.2) is 0 Å². The van der Waals surface area contributed by atoms with E-state index < -0.39 is 7.25 Å². The van der Waals surface area contributed by atoms with Crippen molar-refractivity contribution in [2.75, 3.05) is 0 Å². The zero-order valence-corrected chi connectivity index (χ0v) is 12.2. The van der Waals surface area contributed by atoms with E-state index in [4.69, 9.17) is 10.5 Å². The average Bonchev–Trinajstić information content (AvgIpc) is 3.26. The summed E-state index contributed by atoms with van der Waals surface area (Å²) in [4.78, 5) is 0. The topological polar surface area (TPSA) is 47.6 Å². The van der Waals surface area contributed by atoms with Crippen molar-refractivity contribution >= 4 is 25.3 Å². The Morgan fingerprint density at radius 1 is 0.588 bits per heavy atom. The molecule has 0 saturated carbocycles. The first kappa shape index (κ1) is 7.76. The first-order valence-electron chi connectivity index (χ1n) is 6.81. The molecule has 10 heterocycles. The molecule has 87 valence electrons. The second-order valence-corrected chi connectivity index (χ2v) is 42.5. The van der Waals surface area contributed by atoms with Gasteiger partial charge < -0.3 is 0 Å². The molecular weight excluding hydrogens is 287 g/mol. The molecule has 0 bridgehead atoms. The van der Waals surface area contributed by atoms with E-state index in [0.717, 1.165) is 0 Å². The fourth-order valence-corrected chi connectivity index (χ4v) is 122. The van der Waals surface area contributed by atoms with Gasteiger partial charge in [0, 0.05) is 0 Å². The van der Waals surface area contributed by atoms with Gasteiger partial charge in [0.1, 0.15) is 10.8 Å². The van der Waals surface area contributed by atoms with Crippen LogP contribution in [0.25, 0.3) is 0 Å². The van der Waals surface area contributed by atoms with Gasteiger partial charge in [-0.15, -0.1) is 0 Å². The molecule has 5 heteroatoms. The summed E-state index contributed by atoms with van der Waals surface area (Å²) in [5.74, 6) is 0. The van der Waals surface area contributed by atoms with Crippen LogP contribution in [0.1, 0.15) is 0 Å². The molecule has 0 amide bonds. The Morgan fingerprint density at radius 3 is 0.706 bits per heavy atom. The van der Waals surface area contributed by atoms with E-state index in [9.17, 15) is 0 Å². The van der Waals surface area contributed by atoms with E-state index >= 15 is 0 Å². The number of thiol groups is 2. The van der Waals surface area contributed by atoms with Gasteiger partial charge in [-0.05, 0) is 0 Å². The van der Waals surface area contributed by atoms with E-state index in [1.54, 1.807) is 46.3 Å². The van der Waals surface area contributed by atoms with Crippen LogP contribution >= 0.6 is 25.3 Å². The molecule has 0 aromatic carbocycles. The van der Waals surface area contributed by atoms with Crippen LogP contribution in [-0.2, 0) is 7.25 Å². The van der Waals surface area contributed by atoms with Crippen molar-refractivity contribution in [1.82, 2.24) is 0 Å². The molecule has 1 spiro atoms. The van der Waals surface area contributed by atoms with Gasteiger partial charge in [0.2, 0.25) is 0 Å². The molecule has 0 radical (unpaired) electrons. The Morgan fingerprint density at radius 2 is 0.706 bits per heavy atom. The van der Waals surface area contributed by atoms with Crippen LogP contribution in [0.15, 0.2) is 0 Å². The van der Waals surface area contributed by atoms with Gasteiger partial charge in [-0.25, -0.2) is 0 Å². The predicted molar refractivity (Wildman–Crippen MR) is 66.7 cm³/mol. The van der Waals surface area contributed by atoms with Gasteiger partial charge in [-0.1, -0.05) is 25.3 Å². The molecule has 0 aromatic heterocycles. The second kappa shape index (κ2) is 0.635. The summed E-state index contributed by atoms with van der Waals surface area (Å²) in [7, 11) is -2.55. The van der Waals surface area contributed by atoms with Crippen molar-refractivity contribution in [2.45, 2.75) is 46.3 Å². The average molecular weight is 299 g/mol. The van der Waals surface area contributed by atoms with E-state index in [2.05, 4.69) is 25.3 Å². The van der Waals surface area contributed by atoms with Crippen molar-refractivity contribution < 1.29 is 7.25 Å². The molecule has 0 aliphatic carbocycles. The molecule has 2 nitrogen and oxygen atoms in total. The van der Waals surface area contributed by atoms with Crippen molar-refractivity contribution in [3.63, 3.8) is 0 Å². The molecule has 10 rings (SSSR count). The Kier molecular flexibility index (Phi) is 0.290. The Hall–Kier alpha value is 0.264. The van der Waals surface area contributed by atoms with Gasteiger partial charge in [-0.2, -0.15) is 10.5 Å². The second-order valence-electron chi connectivity index (χ2n) is 11.8. The molecule has 0 atom stereocenters. The molecule has 0 aromatic rings. The maximum atomic E-state index is 7.18. The quantitative estimate of drug-likeness (QED) is 0.521. The predicted octanol–water partition coefficient (Wildman–Crippen LogP) is 4.17. The normalized spacial score (nSPS) is 112. The fraction of sp³-hybridized carbons (Fsp3) is 0.833. The summed E-state index contributed by atoms with van der Waals surface area (Å²) >= 11 is 6.19. The zero-order chi connectivity index (χ0) is 11.5. The molecule has 17 heavy (non-hydrogen) atoms. The standard InChI is InChI=1S/2C5H5.2CHNS.V/c2*1-2-4-5-3-1;2*2-1-3;/h2*1-5H;2*3H;. The molecular formula is C12H12N2S2V. The van der Waals surface area contributed by atoms with E-state index in [-0.39, 0.29) is 0 Å². The van der Waals surface area contributed by atoms with E-state index in [1.165, 1.54) is 10.8 Å². The van der Waals surface area contributed by atoms with Gasteiger partial charge in [0.05, 0.1) is 0 Å². The SMILES string of the molecule is N#CS.N#CS.[CH]12[CH]3[CH]4[CH]5[CH]1[V]23451678[CH]2[CH]1[CH]6[CH]7[CH]28. The van der Waals surface area contributed by atoms with Gasteiger partial charge >= 0.3 is 53.5 Å². The molecule has 10 aliphatic heterocycles. The van der Waals surface area contributed by atoms with Gasteiger partial charge in [0.15, 0.2) is 0 Å². The Bertz CT molecular complexity index is 746. The molecule has 10 fully saturated rings. The van der Waals surface area contributed by atoms with Gasteiger partial charge in [0.25, 0.3) is 0 Å². The first-order valence-corrected chi connectivity index (χ1v) is 15.8. The Labute approximate surface area is 99.6 Å². The molecule has 0 unspecified atom stereocenters. The summed E-state index contributed by atoms with van der Waals surface area (Å²) in [5, 5.41) is 17.3. The summed E-state index contributed by atoms with van der Waals surface area (Å²) in [5.41, 5.74) is 0. The number of fused-ring (bicyclic) bond motifs is 10. The third-order valence-electron chi connectivity index (χ3n) is 18.1. The third kappa shape index (κ3) is 0.0825. The number of nitrogens with zero attached hydrogens (tertiary/aromatic N) is 2. The molecule has 0 N–H and O–H groups in total. The zero-order valence-electron chi connectivity index (χ0n) is 9.01. The third-order valence-corrected chi connectivity index (χ3v) is 71.1. The van der Waals surface area contributed by atoms with E-state index in [1.807, 2.05) is 0 Å². The van der Waals surface area contributed by atoms with Crippen LogP contribution in [0, 0.1) is 21.3 Å². The van der Waals surface area contributed by atoms with Crippen molar-refractivity contribution in [3.8, 4) is 10.8 Å². The maximum absolute atomic E-state index is 7.18. The van der Waals surface area contributed by atoms with Crippen molar-refractivity contribution in [2.24, 2.45) is 0 Å². The number of hydrogen-bond donors (Lipinski definition) is 2. The van der Waals surface area contributed by atoms with Crippen molar-refractivity contribution in [1.29, 1.82) is 10.5 Å². The number of thiocyanates is 2. The van der Waals surface area contributed by atoms with Crippen LogP contribution < -0.4 is 0 Å². The van der Waals surface area contributed by atoms with Crippen molar-refractivity contribution in [3.05, 3.63) is 0 Å². The Balaban J connectivity index is 0.0000000965. The van der Waals surface area contributed by atoms with Crippen LogP contribution in [0.3, 0.4) is 0 Å². The summed E-state index contributed by atoms with van der Waals surface area (Å²) in [6, 6.07) is 0. The van der Waals surface area contributed by atoms with Gasteiger partial charge in [-0.3, -0.25) is 0 Å². The number of rotatable bonds is 0. The molecule has 10 aliphatic rings. The summed E-state index contributed by atoms with van der Waals surface area (Å²) in [6.07, 6.45) is 0. The van der Waals surface area contributed by atoms with Crippen LogP contribution in [0.2, 0.25) is 46.3 Å². The fourth-order valence-electron chi connectivity index (χ4n) is 20.5. The molecule has 10 saturated heterocycles. The summed E-state index contributed by atoms with van der Waals surface area (Å²) in [6.45, 7) is 0. The van der Waals surface area contributed by atoms with E-state index in [0.29, 0.717) is 0 Å². The van der Waals surface area contributed by atoms with Crippen LogP contribution in [0.5, 0.6) is 0 Å². The number of hydrogen-bond acceptors (Lipinski definition) is 4.